The van der Waals surface area contributed by atoms with Crippen molar-refractivity contribution in [2.75, 3.05) is 9.80 Å². The summed E-state index contributed by atoms with van der Waals surface area (Å²) in [5.74, 6) is 0. The third-order valence-electron chi connectivity index (χ3n) is 10.5. The highest BCUT2D eigenvalue weighted by atomic mass is 15.1. The van der Waals surface area contributed by atoms with E-state index in [1.165, 1.54) is 77.0 Å². The molecule has 0 aliphatic rings. The SMILES string of the molecule is CCCCc1ccc(N(c2ccccc2)c2ccc(-c3ccc(N(c4ccc(CCCC)cc4)c4ccc(CC(C)(C)CC)cc4)cc3)cc2)cc1. The third-order valence-corrected chi connectivity index (χ3v) is 10.5. The van der Waals surface area contributed by atoms with Gasteiger partial charge in [-0.3, -0.25) is 0 Å². The monoisotopic (exact) mass is 684 g/mol. The van der Waals surface area contributed by atoms with Crippen LogP contribution in [0.5, 0.6) is 0 Å². The Morgan fingerprint density at radius 1 is 0.385 bits per heavy atom. The van der Waals surface area contributed by atoms with Gasteiger partial charge in [-0.25, -0.2) is 0 Å². The minimum absolute atomic E-state index is 0.295. The van der Waals surface area contributed by atoms with E-state index < -0.39 is 0 Å². The molecular weight excluding hydrogens is 629 g/mol. The van der Waals surface area contributed by atoms with Crippen LogP contribution in [0.3, 0.4) is 0 Å². The van der Waals surface area contributed by atoms with Gasteiger partial charge in [0.2, 0.25) is 0 Å². The molecule has 6 aromatic rings. The molecule has 0 amide bonds. The second kappa shape index (κ2) is 17.4. The molecule has 0 unspecified atom stereocenters. The minimum atomic E-state index is 0.295. The topological polar surface area (TPSA) is 6.48 Å². The van der Waals surface area contributed by atoms with Crippen LogP contribution in [0.15, 0.2) is 152 Å². The number of benzene rings is 6. The fourth-order valence-corrected chi connectivity index (χ4v) is 6.90. The highest BCUT2D eigenvalue weighted by Crippen LogP contribution is 2.39. The summed E-state index contributed by atoms with van der Waals surface area (Å²) in [6, 6.07) is 56.1. The largest absolute Gasteiger partial charge is 0.311 e. The zero-order valence-electron chi connectivity index (χ0n) is 32.0. The second-order valence-corrected chi connectivity index (χ2v) is 15.0. The lowest BCUT2D eigenvalue weighted by Crippen LogP contribution is -2.14. The van der Waals surface area contributed by atoms with E-state index in [9.17, 15) is 0 Å². The standard InChI is InChI=1S/C50H56N2/c1-6-9-14-39-18-28-45(29-19-39)51(44-16-12-11-13-17-44)48-34-24-42(25-35-48)43-26-36-49(37-27-43)52(46-30-20-40(21-31-46)15-10-7-2)47-32-22-41(23-33-47)38-50(4,5)8-3/h11-13,16-37H,6-10,14-15,38H2,1-5H3. The van der Waals surface area contributed by atoms with E-state index in [2.05, 4.69) is 196 Å². The maximum atomic E-state index is 2.39. The fourth-order valence-electron chi connectivity index (χ4n) is 6.90. The van der Waals surface area contributed by atoms with E-state index in [0.29, 0.717) is 5.41 Å². The highest BCUT2D eigenvalue weighted by molar-refractivity contribution is 5.80. The molecule has 0 radical (unpaired) electrons. The summed E-state index contributed by atoms with van der Waals surface area (Å²) in [6.07, 6.45) is 9.36. The van der Waals surface area contributed by atoms with Crippen LogP contribution in [0, 0.1) is 5.41 Å². The molecule has 266 valence electrons. The van der Waals surface area contributed by atoms with E-state index >= 15 is 0 Å². The van der Waals surface area contributed by atoms with E-state index in [1.54, 1.807) is 0 Å². The first kappa shape index (κ1) is 36.7. The molecule has 0 spiro atoms. The van der Waals surface area contributed by atoms with Gasteiger partial charge in [-0.15, -0.1) is 0 Å². The molecule has 0 fully saturated rings. The molecule has 0 bridgehead atoms. The van der Waals surface area contributed by atoms with Gasteiger partial charge in [0.15, 0.2) is 0 Å². The van der Waals surface area contributed by atoms with Crippen LogP contribution in [0.1, 0.15) is 83.4 Å². The Balaban J connectivity index is 1.27. The number of para-hydroxylation sites is 1. The molecule has 0 saturated carbocycles. The van der Waals surface area contributed by atoms with Gasteiger partial charge in [-0.1, -0.05) is 133 Å². The predicted molar refractivity (Wildman–Crippen MR) is 226 cm³/mol. The van der Waals surface area contributed by atoms with Gasteiger partial charge in [0, 0.05) is 34.1 Å². The molecule has 52 heavy (non-hydrogen) atoms. The van der Waals surface area contributed by atoms with Crippen molar-refractivity contribution in [1.29, 1.82) is 0 Å². The van der Waals surface area contributed by atoms with Crippen LogP contribution in [-0.2, 0) is 19.3 Å². The van der Waals surface area contributed by atoms with Crippen molar-refractivity contribution in [3.05, 3.63) is 168 Å². The van der Waals surface area contributed by atoms with Gasteiger partial charge in [-0.2, -0.15) is 0 Å². The number of nitrogens with zero attached hydrogens (tertiary/aromatic N) is 2. The van der Waals surface area contributed by atoms with Crippen LogP contribution in [0.25, 0.3) is 11.1 Å². The average molecular weight is 685 g/mol. The molecule has 0 heterocycles. The zero-order valence-corrected chi connectivity index (χ0v) is 32.0. The Hall–Kier alpha value is -5.08. The van der Waals surface area contributed by atoms with Crippen LogP contribution in [0.4, 0.5) is 34.1 Å². The van der Waals surface area contributed by atoms with Crippen molar-refractivity contribution in [1.82, 2.24) is 0 Å². The van der Waals surface area contributed by atoms with Gasteiger partial charge in [0.1, 0.15) is 0 Å². The number of aryl methyl sites for hydroxylation is 2. The molecule has 6 aromatic carbocycles. The molecule has 0 saturated heterocycles. The molecule has 2 nitrogen and oxygen atoms in total. The number of anilines is 6. The molecular formula is C50H56N2. The average Bonchev–Trinajstić information content (AvgIpc) is 3.19. The van der Waals surface area contributed by atoms with E-state index in [1.807, 2.05) is 0 Å². The maximum Gasteiger partial charge on any atom is 0.0462 e. The van der Waals surface area contributed by atoms with Gasteiger partial charge in [0.05, 0.1) is 0 Å². The number of rotatable bonds is 16. The first-order chi connectivity index (χ1) is 25.4. The van der Waals surface area contributed by atoms with Crippen molar-refractivity contribution in [2.45, 2.75) is 86.0 Å². The zero-order chi connectivity index (χ0) is 36.3. The summed E-state index contributed by atoms with van der Waals surface area (Å²) in [4.78, 5) is 4.73. The summed E-state index contributed by atoms with van der Waals surface area (Å²) < 4.78 is 0. The van der Waals surface area contributed by atoms with E-state index in [-0.39, 0.29) is 0 Å². The molecule has 0 atom stereocenters. The Morgan fingerprint density at radius 3 is 1.06 bits per heavy atom. The minimum Gasteiger partial charge on any atom is -0.311 e. The molecule has 2 heteroatoms. The fraction of sp³-hybridized carbons (Fsp3) is 0.280. The number of hydrogen-bond donors (Lipinski definition) is 0. The van der Waals surface area contributed by atoms with Gasteiger partial charge >= 0.3 is 0 Å². The maximum absolute atomic E-state index is 2.39. The summed E-state index contributed by atoms with van der Waals surface area (Å²) in [5.41, 5.74) is 13.9. The van der Waals surface area contributed by atoms with Crippen molar-refractivity contribution in [3.63, 3.8) is 0 Å². The summed E-state index contributed by atoms with van der Waals surface area (Å²) >= 11 is 0. The lowest BCUT2D eigenvalue weighted by Gasteiger charge is -2.27. The summed E-state index contributed by atoms with van der Waals surface area (Å²) in [6.45, 7) is 11.5. The van der Waals surface area contributed by atoms with Gasteiger partial charge < -0.3 is 9.80 Å². The lowest BCUT2D eigenvalue weighted by molar-refractivity contribution is 0.349. The van der Waals surface area contributed by atoms with Crippen LogP contribution < -0.4 is 9.80 Å². The second-order valence-electron chi connectivity index (χ2n) is 15.0. The predicted octanol–water partition coefficient (Wildman–Crippen LogP) is 15.0. The van der Waals surface area contributed by atoms with Crippen molar-refractivity contribution in [2.24, 2.45) is 5.41 Å². The first-order valence-electron chi connectivity index (χ1n) is 19.5. The number of hydrogen-bond acceptors (Lipinski definition) is 2. The molecule has 0 aliphatic carbocycles. The number of unbranched alkanes of at least 4 members (excludes halogenated alkanes) is 2. The van der Waals surface area contributed by atoms with Crippen molar-refractivity contribution >= 4 is 34.1 Å². The molecule has 0 aliphatic heterocycles. The first-order valence-corrected chi connectivity index (χ1v) is 19.5. The van der Waals surface area contributed by atoms with Crippen molar-refractivity contribution in [3.8, 4) is 11.1 Å². The van der Waals surface area contributed by atoms with Gasteiger partial charge in [0.25, 0.3) is 0 Å². The Kier molecular flexibility index (Phi) is 12.3. The van der Waals surface area contributed by atoms with Crippen LogP contribution in [0.2, 0.25) is 0 Å². The third kappa shape index (κ3) is 9.22. The molecule has 6 rings (SSSR count). The smallest absolute Gasteiger partial charge is 0.0462 e. The normalized spacial score (nSPS) is 11.4. The quantitative estimate of drug-likeness (QED) is 0.100. The molecule has 0 N–H and O–H groups in total. The van der Waals surface area contributed by atoms with Crippen LogP contribution >= 0.6 is 0 Å². The van der Waals surface area contributed by atoms with E-state index in [4.69, 9.17) is 0 Å². The van der Waals surface area contributed by atoms with Crippen LogP contribution in [-0.4, -0.2) is 0 Å². The van der Waals surface area contributed by atoms with Crippen molar-refractivity contribution < 1.29 is 0 Å². The Bertz CT molecular complexity index is 1940. The van der Waals surface area contributed by atoms with Gasteiger partial charge in [-0.05, 0) is 138 Å². The molecule has 0 aromatic heterocycles. The summed E-state index contributed by atoms with van der Waals surface area (Å²) in [7, 11) is 0. The summed E-state index contributed by atoms with van der Waals surface area (Å²) in [5, 5.41) is 0. The lowest BCUT2D eigenvalue weighted by atomic mass is 9.83. The Morgan fingerprint density at radius 2 is 0.712 bits per heavy atom. The van der Waals surface area contributed by atoms with E-state index in [0.717, 1.165) is 36.3 Å². The highest BCUT2D eigenvalue weighted by Gasteiger charge is 2.18. The Labute approximate surface area is 313 Å².